The molecule has 0 bridgehead atoms. The van der Waals surface area contributed by atoms with Gasteiger partial charge in [0.15, 0.2) is 0 Å². The summed E-state index contributed by atoms with van der Waals surface area (Å²) in [6.45, 7) is 5.07. The van der Waals surface area contributed by atoms with Gasteiger partial charge in [0.1, 0.15) is 11.3 Å². The van der Waals surface area contributed by atoms with Gasteiger partial charge in [-0.1, -0.05) is 11.6 Å². The first-order valence-corrected chi connectivity index (χ1v) is 6.98. The van der Waals surface area contributed by atoms with Crippen LogP contribution in [0.5, 0.6) is 5.75 Å². The molecule has 0 aliphatic carbocycles. The fourth-order valence-electron chi connectivity index (χ4n) is 2.14. The van der Waals surface area contributed by atoms with Gasteiger partial charge in [0, 0.05) is 17.1 Å². The van der Waals surface area contributed by atoms with Crippen molar-refractivity contribution in [2.75, 3.05) is 13.7 Å². The molecule has 0 aliphatic rings. The molecule has 116 valence electrons. The summed E-state index contributed by atoms with van der Waals surface area (Å²) in [5.41, 5.74) is -0.632. The Balaban J connectivity index is 3.04. The van der Waals surface area contributed by atoms with Gasteiger partial charge in [-0.15, -0.1) is 0 Å². The molecule has 5 nitrogen and oxygen atoms in total. The number of methoxy groups -OCH3 is 1. The summed E-state index contributed by atoms with van der Waals surface area (Å²) in [7, 11) is 1.51. The number of carboxylic acids is 1. The van der Waals surface area contributed by atoms with Gasteiger partial charge in [-0.05, 0) is 39.0 Å². The minimum Gasteiger partial charge on any atom is -0.496 e. The standard InChI is InChI=1S/C15H20ClNO4/c1-5-17(15(2,3)14(19)20)13(18)9-10-8-11(16)6-7-12(10)21-4/h6-8H,5,9H2,1-4H3,(H,19,20). The highest BCUT2D eigenvalue weighted by molar-refractivity contribution is 6.30. The minimum atomic E-state index is -1.27. The van der Waals surface area contributed by atoms with Gasteiger partial charge >= 0.3 is 5.97 Å². The highest BCUT2D eigenvalue weighted by Crippen LogP contribution is 2.25. The lowest BCUT2D eigenvalue weighted by atomic mass is 10.0. The Morgan fingerprint density at radius 3 is 2.48 bits per heavy atom. The van der Waals surface area contributed by atoms with Crippen LogP contribution in [0.2, 0.25) is 5.02 Å². The van der Waals surface area contributed by atoms with Gasteiger partial charge in [-0.25, -0.2) is 4.79 Å². The summed E-state index contributed by atoms with van der Waals surface area (Å²) in [5, 5.41) is 9.76. The number of hydrogen-bond acceptors (Lipinski definition) is 3. The predicted octanol–water partition coefficient (Wildman–Crippen LogP) is 2.60. The van der Waals surface area contributed by atoms with E-state index in [4.69, 9.17) is 16.3 Å². The van der Waals surface area contributed by atoms with E-state index in [2.05, 4.69) is 0 Å². The molecular formula is C15H20ClNO4. The normalized spacial score (nSPS) is 11.1. The average Bonchev–Trinajstić information content (AvgIpc) is 2.39. The molecule has 1 N–H and O–H groups in total. The molecule has 0 fully saturated rings. The van der Waals surface area contributed by atoms with Crippen LogP contribution in [-0.4, -0.2) is 41.1 Å². The van der Waals surface area contributed by atoms with Crippen molar-refractivity contribution in [1.82, 2.24) is 4.90 Å². The Kier molecular flexibility index (Phi) is 5.61. The molecule has 1 aromatic rings. The fraction of sp³-hybridized carbons (Fsp3) is 0.467. The number of carboxylic acid groups (broad SMARTS) is 1. The maximum Gasteiger partial charge on any atom is 0.329 e. The second-order valence-electron chi connectivity index (χ2n) is 5.14. The summed E-state index contributed by atoms with van der Waals surface area (Å²) in [6.07, 6.45) is 0.0360. The second kappa shape index (κ2) is 6.80. The number of amides is 1. The van der Waals surface area contributed by atoms with Crippen LogP contribution in [0.25, 0.3) is 0 Å². The van der Waals surface area contributed by atoms with Crippen LogP contribution in [0.4, 0.5) is 0 Å². The van der Waals surface area contributed by atoms with E-state index in [9.17, 15) is 14.7 Å². The molecule has 0 atom stereocenters. The van der Waals surface area contributed by atoms with Crippen molar-refractivity contribution in [1.29, 1.82) is 0 Å². The lowest BCUT2D eigenvalue weighted by molar-refractivity contribution is -0.156. The van der Waals surface area contributed by atoms with E-state index in [0.717, 1.165) is 0 Å². The topological polar surface area (TPSA) is 66.8 Å². The first-order chi connectivity index (χ1) is 9.73. The van der Waals surface area contributed by atoms with Gasteiger partial charge < -0.3 is 14.7 Å². The number of likely N-dealkylation sites (N-methyl/N-ethyl adjacent to an activating group) is 1. The summed E-state index contributed by atoms with van der Waals surface area (Å²) in [4.78, 5) is 25.1. The highest BCUT2D eigenvalue weighted by Gasteiger charge is 2.36. The average molecular weight is 314 g/mol. The Bertz CT molecular complexity index is 542. The molecule has 0 saturated heterocycles. The molecule has 0 spiro atoms. The Labute approximate surface area is 129 Å². The molecule has 0 heterocycles. The molecule has 0 aromatic heterocycles. The number of rotatable bonds is 6. The van der Waals surface area contributed by atoms with Crippen molar-refractivity contribution >= 4 is 23.5 Å². The molecule has 0 radical (unpaired) electrons. The third-order valence-corrected chi connectivity index (χ3v) is 3.63. The summed E-state index contributed by atoms with van der Waals surface area (Å²) in [5.74, 6) is -0.779. The van der Waals surface area contributed by atoms with Crippen molar-refractivity contribution < 1.29 is 19.4 Å². The van der Waals surface area contributed by atoms with E-state index < -0.39 is 11.5 Å². The van der Waals surface area contributed by atoms with Gasteiger partial charge in [0.2, 0.25) is 5.91 Å². The van der Waals surface area contributed by atoms with Crippen LogP contribution in [0.3, 0.4) is 0 Å². The second-order valence-corrected chi connectivity index (χ2v) is 5.57. The van der Waals surface area contributed by atoms with E-state index in [1.165, 1.54) is 25.9 Å². The van der Waals surface area contributed by atoms with Crippen molar-refractivity contribution in [3.63, 3.8) is 0 Å². The summed E-state index contributed by atoms with van der Waals surface area (Å²) in [6, 6.07) is 5.01. The third-order valence-electron chi connectivity index (χ3n) is 3.40. The third kappa shape index (κ3) is 3.88. The van der Waals surface area contributed by atoms with Crippen molar-refractivity contribution in [2.45, 2.75) is 32.7 Å². The Morgan fingerprint density at radius 1 is 1.38 bits per heavy atom. The van der Waals surface area contributed by atoms with Gasteiger partial charge in [0.25, 0.3) is 0 Å². The van der Waals surface area contributed by atoms with Crippen molar-refractivity contribution in [3.05, 3.63) is 28.8 Å². The maximum absolute atomic E-state index is 12.4. The number of ether oxygens (including phenoxy) is 1. The minimum absolute atomic E-state index is 0.0360. The predicted molar refractivity (Wildman–Crippen MR) is 80.8 cm³/mol. The largest absolute Gasteiger partial charge is 0.496 e. The van der Waals surface area contributed by atoms with Crippen LogP contribution in [0.1, 0.15) is 26.3 Å². The zero-order chi connectivity index (χ0) is 16.2. The number of nitrogens with zero attached hydrogens (tertiary/aromatic N) is 1. The monoisotopic (exact) mass is 313 g/mol. The maximum atomic E-state index is 12.4. The molecular weight excluding hydrogens is 294 g/mol. The van der Waals surface area contributed by atoms with Crippen LogP contribution in [0.15, 0.2) is 18.2 Å². The zero-order valence-electron chi connectivity index (χ0n) is 12.6. The summed E-state index contributed by atoms with van der Waals surface area (Å²) >= 11 is 5.94. The molecule has 0 aliphatic heterocycles. The highest BCUT2D eigenvalue weighted by atomic mass is 35.5. The number of aliphatic carboxylic acids is 1. The fourth-order valence-corrected chi connectivity index (χ4v) is 2.34. The molecule has 0 saturated carbocycles. The van der Waals surface area contributed by atoms with E-state index in [1.54, 1.807) is 25.1 Å². The number of benzene rings is 1. The smallest absolute Gasteiger partial charge is 0.329 e. The number of carbonyl (C=O) groups excluding carboxylic acids is 1. The Morgan fingerprint density at radius 2 is 2.00 bits per heavy atom. The van der Waals surface area contributed by atoms with Crippen LogP contribution >= 0.6 is 11.6 Å². The summed E-state index contributed by atoms with van der Waals surface area (Å²) < 4.78 is 5.20. The molecule has 1 aromatic carbocycles. The van der Waals surface area contributed by atoms with E-state index in [0.29, 0.717) is 22.9 Å². The SMILES string of the molecule is CCN(C(=O)Cc1cc(Cl)ccc1OC)C(C)(C)C(=O)O. The lowest BCUT2D eigenvalue weighted by Crippen LogP contribution is -2.53. The van der Waals surface area contributed by atoms with E-state index in [-0.39, 0.29) is 12.3 Å². The molecule has 21 heavy (non-hydrogen) atoms. The van der Waals surface area contributed by atoms with Crippen molar-refractivity contribution in [2.24, 2.45) is 0 Å². The van der Waals surface area contributed by atoms with Crippen LogP contribution < -0.4 is 4.74 Å². The molecule has 1 rings (SSSR count). The molecule has 0 unspecified atom stereocenters. The van der Waals surface area contributed by atoms with Gasteiger partial charge in [0.05, 0.1) is 13.5 Å². The van der Waals surface area contributed by atoms with Crippen molar-refractivity contribution in [3.8, 4) is 5.75 Å². The first kappa shape index (κ1) is 17.3. The van der Waals surface area contributed by atoms with Gasteiger partial charge in [-0.3, -0.25) is 4.79 Å². The molecule has 6 heteroatoms. The van der Waals surface area contributed by atoms with E-state index >= 15 is 0 Å². The lowest BCUT2D eigenvalue weighted by Gasteiger charge is -2.34. The number of carbonyl (C=O) groups is 2. The number of halogens is 1. The Hall–Kier alpha value is -1.75. The quantitative estimate of drug-likeness (QED) is 0.876. The molecule has 1 amide bonds. The number of hydrogen-bond donors (Lipinski definition) is 1. The van der Waals surface area contributed by atoms with Crippen LogP contribution in [0, 0.1) is 0 Å². The first-order valence-electron chi connectivity index (χ1n) is 6.60. The van der Waals surface area contributed by atoms with Gasteiger partial charge in [-0.2, -0.15) is 0 Å². The van der Waals surface area contributed by atoms with E-state index in [1.807, 2.05) is 0 Å². The zero-order valence-corrected chi connectivity index (χ0v) is 13.4. The van der Waals surface area contributed by atoms with Crippen LogP contribution in [-0.2, 0) is 16.0 Å².